The fraction of sp³-hybridized carbons (Fsp3) is 0.364. The van der Waals surface area contributed by atoms with Gasteiger partial charge in [0.15, 0.2) is 0 Å². The van der Waals surface area contributed by atoms with E-state index in [2.05, 4.69) is 6.42 Å². The zero-order valence-electron chi connectivity index (χ0n) is 7.79. The molecule has 1 aromatic carbocycles. The van der Waals surface area contributed by atoms with Crippen molar-refractivity contribution in [1.82, 2.24) is 0 Å². The Morgan fingerprint density at radius 2 is 2.00 bits per heavy atom. The van der Waals surface area contributed by atoms with Gasteiger partial charge in [-0.3, -0.25) is 0 Å². The molecule has 0 unspecified atom stereocenters. The third kappa shape index (κ3) is 4.30. The highest BCUT2D eigenvalue weighted by molar-refractivity contribution is 6.30. The van der Waals surface area contributed by atoms with Crippen molar-refractivity contribution in [3.05, 3.63) is 41.3 Å². The molecule has 0 spiro atoms. The Morgan fingerprint density at radius 3 is 2.62 bits per heavy atom. The van der Waals surface area contributed by atoms with E-state index >= 15 is 0 Å². The Balaban J connectivity index is 2.25. The molecule has 0 amide bonds. The van der Waals surface area contributed by atoms with Crippen molar-refractivity contribution in [2.75, 3.05) is 13.7 Å². The summed E-state index contributed by atoms with van der Waals surface area (Å²) < 4.78 is 4.96. The van der Waals surface area contributed by atoms with Crippen LogP contribution in [0, 0.1) is 6.42 Å². The van der Waals surface area contributed by atoms with E-state index < -0.39 is 0 Å². The number of ether oxygens (including phenoxy) is 1. The van der Waals surface area contributed by atoms with Crippen LogP contribution in [0.3, 0.4) is 0 Å². The quantitative estimate of drug-likeness (QED) is 0.658. The normalized spacial score (nSPS) is 10.3. The summed E-state index contributed by atoms with van der Waals surface area (Å²) in [6.07, 6.45) is 4.31. The minimum Gasteiger partial charge on any atom is -0.385 e. The lowest BCUT2D eigenvalue weighted by atomic mass is 10.1. The molecule has 0 aliphatic rings. The van der Waals surface area contributed by atoms with Crippen molar-refractivity contribution < 1.29 is 4.74 Å². The highest BCUT2D eigenvalue weighted by Gasteiger charge is 1.93. The van der Waals surface area contributed by atoms with Gasteiger partial charge in [-0.1, -0.05) is 23.7 Å². The summed E-state index contributed by atoms with van der Waals surface area (Å²) in [6, 6.07) is 7.86. The molecule has 1 nitrogen and oxygen atoms in total. The highest BCUT2D eigenvalue weighted by atomic mass is 35.5. The van der Waals surface area contributed by atoms with Gasteiger partial charge in [0.05, 0.1) is 0 Å². The molecule has 0 bridgehead atoms. The molecule has 2 heteroatoms. The monoisotopic (exact) mass is 197 g/mol. The van der Waals surface area contributed by atoms with Crippen LogP contribution in [0.2, 0.25) is 5.02 Å². The lowest BCUT2D eigenvalue weighted by molar-refractivity contribution is 0.195. The van der Waals surface area contributed by atoms with Gasteiger partial charge in [-0.2, -0.15) is 0 Å². The first-order chi connectivity index (χ1) is 6.33. The van der Waals surface area contributed by atoms with Crippen LogP contribution in [-0.4, -0.2) is 13.7 Å². The Hall–Kier alpha value is -0.530. The lowest BCUT2D eigenvalue weighted by Crippen LogP contribution is -1.89. The first-order valence-corrected chi connectivity index (χ1v) is 4.78. The molecule has 0 N–H and O–H groups in total. The van der Waals surface area contributed by atoms with Crippen molar-refractivity contribution in [1.29, 1.82) is 0 Å². The van der Waals surface area contributed by atoms with Gasteiger partial charge in [-0.05, 0) is 37.0 Å². The van der Waals surface area contributed by atoms with E-state index in [9.17, 15) is 0 Å². The second-order valence-corrected chi connectivity index (χ2v) is 3.33. The number of hydrogen-bond acceptors (Lipinski definition) is 1. The van der Waals surface area contributed by atoms with Gasteiger partial charge in [0.1, 0.15) is 0 Å². The van der Waals surface area contributed by atoms with Gasteiger partial charge in [-0.25, -0.2) is 0 Å². The first kappa shape index (κ1) is 10.6. The molecule has 1 radical (unpaired) electrons. The summed E-state index contributed by atoms with van der Waals surface area (Å²) in [4.78, 5) is 0. The van der Waals surface area contributed by atoms with Crippen LogP contribution in [0.15, 0.2) is 24.3 Å². The zero-order valence-corrected chi connectivity index (χ0v) is 8.55. The maximum atomic E-state index is 5.76. The predicted molar refractivity (Wildman–Crippen MR) is 56.0 cm³/mol. The molecule has 0 fully saturated rings. The van der Waals surface area contributed by atoms with E-state index in [0.717, 1.165) is 24.5 Å². The summed E-state index contributed by atoms with van der Waals surface area (Å²) in [7, 11) is 1.72. The molecule has 0 aromatic heterocycles. The SMILES string of the molecule is COCCC[CH]c1ccc(Cl)cc1. The van der Waals surface area contributed by atoms with Gasteiger partial charge in [-0.15, -0.1) is 0 Å². The largest absolute Gasteiger partial charge is 0.385 e. The van der Waals surface area contributed by atoms with Crippen LogP contribution in [0.4, 0.5) is 0 Å². The molecule has 71 valence electrons. The number of benzene rings is 1. The van der Waals surface area contributed by atoms with E-state index in [1.165, 1.54) is 5.56 Å². The van der Waals surface area contributed by atoms with E-state index in [1.807, 2.05) is 24.3 Å². The van der Waals surface area contributed by atoms with Crippen molar-refractivity contribution in [3.8, 4) is 0 Å². The summed E-state index contributed by atoms with van der Waals surface area (Å²) in [5.41, 5.74) is 1.22. The van der Waals surface area contributed by atoms with Crippen molar-refractivity contribution in [3.63, 3.8) is 0 Å². The average Bonchev–Trinajstić information content (AvgIpc) is 2.15. The second-order valence-electron chi connectivity index (χ2n) is 2.89. The Labute approximate surface area is 84.7 Å². The molecular weight excluding hydrogens is 184 g/mol. The third-order valence-corrected chi connectivity index (χ3v) is 2.05. The van der Waals surface area contributed by atoms with E-state index in [1.54, 1.807) is 7.11 Å². The van der Waals surface area contributed by atoms with Crippen LogP contribution in [0.5, 0.6) is 0 Å². The Bertz CT molecular complexity index is 230. The van der Waals surface area contributed by atoms with Crippen LogP contribution in [0.1, 0.15) is 18.4 Å². The standard InChI is InChI=1S/C11H14ClO/c1-13-9-3-2-4-10-5-7-11(12)8-6-10/h4-8H,2-3,9H2,1H3. The Morgan fingerprint density at radius 1 is 1.31 bits per heavy atom. The molecule has 1 aromatic rings. The summed E-state index contributed by atoms with van der Waals surface area (Å²) in [5, 5.41) is 0.786. The second kappa shape index (κ2) is 6.01. The summed E-state index contributed by atoms with van der Waals surface area (Å²) in [5.74, 6) is 0. The minimum absolute atomic E-state index is 0.786. The summed E-state index contributed by atoms with van der Waals surface area (Å²) in [6.45, 7) is 0.824. The minimum atomic E-state index is 0.786. The Kier molecular flexibility index (Phi) is 4.87. The molecular formula is C11H14ClO. The van der Waals surface area contributed by atoms with Crippen molar-refractivity contribution in [2.45, 2.75) is 12.8 Å². The molecule has 0 aliphatic heterocycles. The lowest BCUT2D eigenvalue weighted by Gasteiger charge is -2.00. The van der Waals surface area contributed by atoms with E-state index in [0.29, 0.717) is 0 Å². The molecule has 0 saturated carbocycles. The van der Waals surface area contributed by atoms with Gasteiger partial charge >= 0.3 is 0 Å². The molecule has 0 heterocycles. The summed E-state index contributed by atoms with van der Waals surface area (Å²) >= 11 is 5.76. The zero-order chi connectivity index (χ0) is 9.52. The van der Waals surface area contributed by atoms with Gasteiger partial charge in [0.2, 0.25) is 0 Å². The molecule has 1 rings (SSSR count). The van der Waals surface area contributed by atoms with Crippen molar-refractivity contribution in [2.24, 2.45) is 0 Å². The van der Waals surface area contributed by atoms with Crippen molar-refractivity contribution >= 4 is 11.6 Å². The van der Waals surface area contributed by atoms with Crippen LogP contribution >= 0.6 is 11.6 Å². The fourth-order valence-electron chi connectivity index (χ4n) is 1.10. The first-order valence-electron chi connectivity index (χ1n) is 4.40. The van der Waals surface area contributed by atoms with Gasteiger partial charge in [0.25, 0.3) is 0 Å². The van der Waals surface area contributed by atoms with E-state index in [4.69, 9.17) is 16.3 Å². The van der Waals surface area contributed by atoms with Crippen LogP contribution in [0.25, 0.3) is 0 Å². The number of rotatable bonds is 5. The topological polar surface area (TPSA) is 9.23 Å². The molecule has 0 aliphatic carbocycles. The predicted octanol–water partition coefficient (Wildman–Crippen LogP) is 3.32. The van der Waals surface area contributed by atoms with Gasteiger partial charge < -0.3 is 4.74 Å². The van der Waals surface area contributed by atoms with Crippen LogP contribution in [-0.2, 0) is 4.74 Å². The maximum Gasteiger partial charge on any atom is 0.0462 e. The third-order valence-electron chi connectivity index (χ3n) is 1.80. The average molecular weight is 198 g/mol. The molecule has 0 saturated heterocycles. The fourth-order valence-corrected chi connectivity index (χ4v) is 1.22. The maximum absolute atomic E-state index is 5.76. The number of methoxy groups -OCH3 is 1. The van der Waals surface area contributed by atoms with E-state index in [-0.39, 0.29) is 0 Å². The number of unbranched alkanes of at least 4 members (excludes halogenated alkanes) is 1. The van der Waals surface area contributed by atoms with Crippen LogP contribution < -0.4 is 0 Å². The smallest absolute Gasteiger partial charge is 0.0462 e. The molecule has 0 atom stereocenters. The number of hydrogen-bond donors (Lipinski definition) is 0. The van der Waals surface area contributed by atoms with Gasteiger partial charge in [0, 0.05) is 18.7 Å². The molecule has 13 heavy (non-hydrogen) atoms. The number of halogens is 1. The highest BCUT2D eigenvalue weighted by Crippen LogP contribution is 2.12.